The SMILES string of the molecule is [CH2]CSc1ccccn1. The molecule has 0 aromatic carbocycles. The molecule has 0 N–H and O–H groups in total. The fourth-order valence-electron chi connectivity index (χ4n) is 0.537. The molecule has 1 heterocycles. The molecule has 1 aromatic heterocycles. The van der Waals surface area contributed by atoms with E-state index in [2.05, 4.69) is 11.9 Å². The summed E-state index contributed by atoms with van der Waals surface area (Å²) in [5.41, 5.74) is 0. The third-order valence-corrected chi connectivity index (χ3v) is 1.63. The number of rotatable bonds is 2. The average Bonchev–Trinajstić information content (AvgIpc) is 1.91. The maximum Gasteiger partial charge on any atom is 0.0959 e. The van der Waals surface area contributed by atoms with Crippen LogP contribution in [0.25, 0.3) is 0 Å². The van der Waals surface area contributed by atoms with Crippen LogP contribution in [0.5, 0.6) is 0 Å². The maximum atomic E-state index is 4.09. The van der Waals surface area contributed by atoms with Crippen LogP contribution in [0.15, 0.2) is 29.4 Å². The van der Waals surface area contributed by atoms with Crippen LogP contribution in [0.4, 0.5) is 0 Å². The Morgan fingerprint density at radius 2 is 2.44 bits per heavy atom. The van der Waals surface area contributed by atoms with Gasteiger partial charge in [0.05, 0.1) is 5.03 Å². The second kappa shape index (κ2) is 3.51. The number of hydrogen-bond donors (Lipinski definition) is 0. The van der Waals surface area contributed by atoms with Crippen LogP contribution in [0.1, 0.15) is 0 Å². The normalized spacial score (nSPS) is 9.44. The smallest absolute Gasteiger partial charge is 0.0959 e. The molecule has 1 nitrogen and oxygen atoms in total. The fourth-order valence-corrected chi connectivity index (χ4v) is 1.06. The number of nitrogens with zero attached hydrogens (tertiary/aromatic N) is 1. The van der Waals surface area contributed by atoms with Gasteiger partial charge in [0.15, 0.2) is 0 Å². The Morgan fingerprint density at radius 3 is 3.00 bits per heavy atom. The first kappa shape index (κ1) is 6.62. The van der Waals surface area contributed by atoms with Gasteiger partial charge >= 0.3 is 0 Å². The van der Waals surface area contributed by atoms with Gasteiger partial charge in [0.2, 0.25) is 0 Å². The molecule has 0 saturated carbocycles. The molecule has 0 aliphatic rings. The Labute approximate surface area is 59.5 Å². The molecule has 2 heteroatoms. The van der Waals surface area contributed by atoms with Gasteiger partial charge < -0.3 is 0 Å². The van der Waals surface area contributed by atoms with E-state index in [1.165, 1.54) is 0 Å². The third kappa shape index (κ3) is 2.06. The lowest BCUT2D eigenvalue weighted by Gasteiger charge is -1.92. The average molecular weight is 138 g/mol. The van der Waals surface area contributed by atoms with Crippen molar-refractivity contribution in [2.24, 2.45) is 0 Å². The predicted molar refractivity (Wildman–Crippen MR) is 40.3 cm³/mol. The molecule has 0 saturated heterocycles. The van der Waals surface area contributed by atoms with Crippen molar-refractivity contribution in [1.29, 1.82) is 0 Å². The van der Waals surface area contributed by atoms with Crippen molar-refractivity contribution in [3.8, 4) is 0 Å². The molecule has 0 aliphatic heterocycles. The third-order valence-electron chi connectivity index (χ3n) is 0.888. The molecule has 47 valence electrons. The van der Waals surface area contributed by atoms with Crippen molar-refractivity contribution in [2.75, 3.05) is 5.75 Å². The highest BCUT2D eigenvalue weighted by molar-refractivity contribution is 7.99. The van der Waals surface area contributed by atoms with Crippen LogP contribution < -0.4 is 0 Å². The summed E-state index contributed by atoms with van der Waals surface area (Å²) >= 11 is 1.65. The molecular formula is C7H8NS. The fraction of sp³-hybridized carbons (Fsp3) is 0.143. The minimum atomic E-state index is 0.844. The topological polar surface area (TPSA) is 12.9 Å². The molecule has 0 amide bonds. The summed E-state index contributed by atoms with van der Waals surface area (Å²) in [4.78, 5) is 4.09. The summed E-state index contributed by atoms with van der Waals surface area (Å²) in [5, 5.41) is 1.05. The monoisotopic (exact) mass is 138 g/mol. The van der Waals surface area contributed by atoms with Crippen molar-refractivity contribution in [1.82, 2.24) is 4.98 Å². The van der Waals surface area contributed by atoms with Gasteiger partial charge in [0, 0.05) is 6.20 Å². The highest BCUT2D eigenvalue weighted by Crippen LogP contribution is 2.11. The first-order valence-electron chi connectivity index (χ1n) is 2.76. The van der Waals surface area contributed by atoms with Crippen molar-refractivity contribution in [2.45, 2.75) is 5.03 Å². The second-order valence-electron chi connectivity index (χ2n) is 1.52. The molecule has 0 spiro atoms. The Hall–Kier alpha value is -0.500. The molecule has 0 aliphatic carbocycles. The van der Waals surface area contributed by atoms with Gasteiger partial charge in [-0.2, -0.15) is 0 Å². The summed E-state index contributed by atoms with van der Waals surface area (Å²) in [6.07, 6.45) is 1.79. The second-order valence-corrected chi connectivity index (χ2v) is 2.63. The highest BCUT2D eigenvalue weighted by atomic mass is 32.2. The Bertz CT molecular complexity index is 162. The molecule has 0 fully saturated rings. The van der Waals surface area contributed by atoms with Gasteiger partial charge in [-0.25, -0.2) is 4.98 Å². The summed E-state index contributed by atoms with van der Waals surface area (Å²) in [5.74, 6) is 0.844. The zero-order valence-corrected chi connectivity index (χ0v) is 5.90. The van der Waals surface area contributed by atoms with E-state index in [9.17, 15) is 0 Å². The molecule has 1 radical (unpaired) electrons. The molecular weight excluding hydrogens is 130 g/mol. The van der Waals surface area contributed by atoms with Gasteiger partial charge in [0.25, 0.3) is 0 Å². The lowest BCUT2D eigenvalue weighted by molar-refractivity contribution is 1.14. The zero-order chi connectivity index (χ0) is 6.53. The van der Waals surface area contributed by atoms with Crippen LogP contribution in [-0.2, 0) is 0 Å². The highest BCUT2D eigenvalue weighted by Gasteiger charge is 1.86. The van der Waals surface area contributed by atoms with Crippen LogP contribution in [-0.4, -0.2) is 10.7 Å². The quantitative estimate of drug-likeness (QED) is 0.580. The Balaban J connectivity index is 2.61. The summed E-state index contributed by atoms with van der Waals surface area (Å²) < 4.78 is 0. The molecule has 9 heavy (non-hydrogen) atoms. The van der Waals surface area contributed by atoms with Crippen molar-refractivity contribution < 1.29 is 0 Å². The van der Waals surface area contributed by atoms with E-state index in [1.807, 2.05) is 18.2 Å². The molecule has 0 unspecified atom stereocenters. The van der Waals surface area contributed by atoms with Gasteiger partial charge in [0.1, 0.15) is 0 Å². The van der Waals surface area contributed by atoms with E-state index in [-0.39, 0.29) is 0 Å². The van der Waals surface area contributed by atoms with Crippen LogP contribution in [0.2, 0.25) is 0 Å². The molecule has 0 atom stereocenters. The standard InChI is InChI=1S/C7H8NS/c1-2-9-7-5-3-4-6-8-7/h3-6H,1-2H2. The summed E-state index contributed by atoms with van der Waals surface area (Å²) in [7, 11) is 0. The molecule has 0 bridgehead atoms. The Kier molecular flexibility index (Phi) is 2.58. The van der Waals surface area contributed by atoms with Crippen molar-refractivity contribution in [3.63, 3.8) is 0 Å². The lowest BCUT2D eigenvalue weighted by Crippen LogP contribution is -1.75. The van der Waals surface area contributed by atoms with Gasteiger partial charge in [-0.05, 0) is 24.8 Å². The molecule has 1 rings (SSSR count). The van der Waals surface area contributed by atoms with E-state index in [4.69, 9.17) is 0 Å². The van der Waals surface area contributed by atoms with Crippen molar-refractivity contribution >= 4 is 11.8 Å². The maximum absolute atomic E-state index is 4.09. The Morgan fingerprint density at radius 1 is 1.56 bits per heavy atom. The number of hydrogen-bond acceptors (Lipinski definition) is 2. The van der Waals surface area contributed by atoms with E-state index < -0.39 is 0 Å². The lowest BCUT2D eigenvalue weighted by atomic mass is 10.5. The van der Waals surface area contributed by atoms with Crippen LogP contribution >= 0.6 is 11.8 Å². The summed E-state index contributed by atoms with van der Waals surface area (Å²) in [6.45, 7) is 3.70. The predicted octanol–water partition coefficient (Wildman–Crippen LogP) is 2.01. The van der Waals surface area contributed by atoms with Gasteiger partial charge in [-0.15, -0.1) is 11.8 Å². The zero-order valence-electron chi connectivity index (χ0n) is 5.08. The van der Waals surface area contributed by atoms with Crippen LogP contribution in [0, 0.1) is 6.92 Å². The first-order valence-corrected chi connectivity index (χ1v) is 3.75. The molecule has 1 aromatic rings. The van der Waals surface area contributed by atoms with E-state index in [0.29, 0.717) is 0 Å². The van der Waals surface area contributed by atoms with Gasteiger partial charge in [-0.1, -0.05) is 6.07 Å². The van der Waals surface area contributed by atoms with E-state index >= 15 is 0 Å². The number of pyridine rings is 1. The minimum Gasteiger partial charge on any atom is -0.250 e. The van der Waals surface area contributed by atoms with Crippen LogP contribution in [0.3, 0.4) is 0 Å². The number of thioether (sulfide) groups is 1. The number of aromatic nitrogens is 1. The summed E-state index contributed by atoms with van der Waals surface area (Å²) in [6, 6.07) is 5.87. The van der Waals surface area contributed by atoms with E-state index in [0.717, 1.165) is 10.8 Å². The van der Waals surface area contributed by atoms with E-state index in [1.54, 1.807) is 18.0 Å². The largest absolute Gasteiger partial charge is 0.250 e. The first-order chi connectivity index (χ1) is 4.43. The van der Waals surface area contributed by atoms with Crippen molar-refractivity contribution in [3.05, 3.63) is 31.3 Å². The minimum absolute atomic E-state index is 0.844. The van der Waals surface area contributed by atoms with Gasteiger partial charge in [-0.3, -0.25) is 0 Å².